The number of nitrogens with zero attached hydrogens (tertiary/aromatic N) is 1. The minimum absolute atomic E-state index is 0.0181. The van der Waals surface area contributed by atoms with Crippen LogP contribution in [0.2, 0.25) is 19.1 Å². The monoisotopic (exact) mass is 263 g/mol. The lowest BCUT2D eigenvalue weighted by Crippen LogP contribution is -2.56. The topological polar surface area (TPSA) is 43.1 Å². The predicted molar refractivity (Wildman–Crippen MR) is 76.1 cm³/mol. The van der Waals surface area contributed by atoms with E-state index in [1.165, 1.54) is 5.56 Å². The first-order valence-electron chi connectivity index (χ1n) is 6.56. The van der Waals surface area contributed by atoms with E-state index < -0.39 is 8.07 Å². The van der Waals surface area contributed by atoms with E-state index >= 15 is 0 Å². The maximum absolute atomic E-state index is 11.1. The highest BCUT2D eigenvalue weighted by Crippen LogP contribution is 2.45. The molecule has 1 aromatic rings. The van der Waals surface area contributed by atoms with Crippen LogP contribution < -0.4 is 0 Å². The maximum atomic E-state index is 11.1. The summed E-state index contributed by atoms with van der Waals surface area (Å²) >= 11 is 0. The Hall–Kier alpha value is -1.16. The molecular weight excluding hydrogens is 242 g/mol. The summed E-state index contributed by atoms with van der Waals surface area (Å²) in [7, 11) is -1.48. The minimum Gasteiger partial charge on any atom is -0.264 e. The minimum atomic E-state index is -1.48. The van der Waals surface area contributed by atoms with Gasteiger partial charge in [0.05, 0.1) is 8.07 Å². The number of hydrogen-bond acceptors (Lipinski definition) is 2. The molecule has 0 bridgehead atoms. The molecule has 2 rings (SSSR count). The van der Waals surface area contributed by atoms with E-state index in [4.69, 9.17) is 0 Å². The Morgan fingerprint density at radius 1 is 1.33 bits per heavy atom. The van der Waals surface area contributed by atoms with E-state index in [0.29, 0.717) is 6.42 Å². The van der Waals surface area contributed by atoms with E-state index in [1.54, 1.807) is 0 Å². The molecule has 0 spiro atoms. The van der Waals surface area contributed by atoms with Gasteiger partial charge in [0.25, 0.3) is 0 Å². The lowest BCUT2D eigenvalue weighted by Gasteiger charge is -2.47. The SMILES string of the molecule is CC1(c2ccccc2)CC([N+](=O)[O-])CC[Si]1(C)C. The fourth-order valence-electron chi connectivity index (χ4n) is 3.15. The fraction of sp³-hybridized carbons (Fsp3) is 0.571. The molecule has 0 saturated carbocycles. The average molecular weight is 263 g/mol. The van der Waals surface area contributed by atoms with E-state index in [0.717, 1.165) is 12.5 Å². The van der Waals surface area contributed by atoms with Gasteiger partial charge < -0.3 is 0 Å². The maximum Gasteiger partial charge on any atom is 0.213 e. The van der Waals surface area contributed by atoms with Crippen LogP contribution in [0.3, 0.4) is 0 Å². The van der Waals surface area contributed by atoms with Gasteiger partial charge in [-0.25, -0.2) is 0 Å². The van der Waals surface area contributed by atoms with Crippen molar-refractivity contribution in [3.8, 4) is 0 Å². The van der Waals surface area contributed by atoms with E-state index in [2.05, 4.69) is 32.2 Å². The van der Waals surface area contributed by atoms with Gasteiger partial charge in [-0.05, 0) is 10.6 Å². The first-order valence-corrected chi connectivity index (χ1v) is 9.76. The summed E-state index contributed by atoms with van der Waals surface area (Å²) in [5.41, 5.74) is 1.29. The van der Waals surface area contributed by atoms with Crippen LogP contribution in [0.25, 0.3) is 0 Å². The van der Waals surface area contributed by atoms with E-state index in [-0.39, 0.29) is 16.0 Å². The van der Waals surface area contributed by atoms with Crippen LogP contribution in [-0.2, 0) is 5.04 Å². The van der Waals surface area contributed by atoms with Gasteiger partial charge in [0.1, 0.15) is 0 Å². The molecule has 1 aliphatic heterocycles. The summed E-state index contributed by atoms with van der Waals surface area (Å²) in [6.07, 6.45) is 1.46. The van der Waals surface area contributed by atoms with Crippen LogP contribution >= 0.6 is 0 Å². The number of rotatable bonds is 2. The number of nitro groups is 1. The quantitative estimate of drug-likeness (QED) is 0.464. The summed E-state index contributed by atoms with van der Waals surface area (Å²) in [6.45, 7) is 6.98. The third kappa shape index (κ3) is 2.09. The van der Waals surface area contributed by atoms with Crippen molar-refractivity contribution in [2.24, 2.45) is 0 Å². The van der Waals surface area contributed by atoms with Gasteiger partial charge >= 0.3 is 0 Å². The Kier molecular flexibility index (Phi) is 3.32. The molecule has 18 heavy (non-hydrogen) atoms. The first kappa shape index (κ1) is 13.3. The Labute approximate surface area is 109 Å². The molecule has 1 aromatic carbocycles. The van der Waals surface area contributed by atoms with Crippen molar-refractivity contribution in [2.75, 3.05) is 0 Å². The molecule has 1 heterocycles. The lowest BCUT2D eigenvalue weighted by atomic mass is 9.91. The number of hydrogen-bond donors (Lipinski definition) is 0. The third-order valence-electron chi connectivity index (χ3n) is 4.95. The van der Waals surface area contributed by atoms with Crippen molar-refractivity contribution < 1.29 is 4.92 Å². The highest BCUT2D eigenvalue weighted by Gasteiger charge is 2.51. The molecule has 98 valence electrons. The van der Waals surface area contributed by atoms with Crippen LogP contribution in [0, 0.1) is 10.1 Å². The van der Waals surface area contributed by atoms with Crippen LogP contribution in [0.15, 0.2) is 30.3 Å². The zero-order chi connectivity index (χ0) is 13.4. The zero-order valence-corrected chi connectivity index (χ0v) is 12.3. The van der Waals surface area contributed by atoms with Crippen molar-refractivity contribution in [3.63, 3.8) is 0 Å². The van der Waals surface area contributed by atoms with Gasteiger partial charge in [0.2, 0.25) is 6.04 Å². The average Bonchev–Trinajstić information content (AvgIpc) is 2.33. The summed E-state index contributed by atoms with van der Waals surface area (Å²) < 4.78 is 0. The molecule has 3 nitrogen and oxygen atoms in total. The second-order valence-electron chi connectivity index (χ2n) is 6.26. The summed E-state index contributed by atoms with van der Waals surface area (Å²) in [5, 5.41) is 11.1. The molecule has 0 aromatic heterocycles. The van der Waals surface area contributed by atoms with Gasteiger partial charge in [0, 0.05) is 17.8 Å². The summed E-state index contributed by atoms with van der Waals surface area (Å²) in [6, 6.07) is 11.0. The number of benzene rings is 1. The highest BCUT2D eigenvalue weighted by atomic mass is 28.3. The molecule has 1 fully saturated rings. The van der Waals surface area contributed by atoms with Gasteiger partial charge in [-0.15, -0.1) is 0 Å². The Morgan fingerprint density at radius 3 is 2.50 bits per heavy atom. The van der Waals surface area contributed by atoms with E-state index in [9.17, 15) is 10.1 Å². The van der Waals surface area contributed by atoms with Crippen molar-refractivity contribution in [2.45, 2.75) is 50.0 Å². The molecule has 2 unspecified atom stereocenters. The van der Waals surface area contributed by atoms with Gasteiger partial charge in [-0.1, -0.05) is 56.4 Å². The van der Waals surface area contributed by atoms with Crippen molar-refractivity contribution >= 4 is 8.07 Å². The third-order valence-corrected chi connectivity index (χ3v) is 9.97. The van der Waals surface area contributed by atoms with E-state index in [1.807, 2.05) is 18.2 Å². The molecular formula is C14H21NO2Si. The molecule has 0 radical (unpaired) electrons. The molecule has 1 saturated heterocycles. The van der Waals surface area contributed by atoms with Gasteiger partial charge in [0.15, 0.2) is 0 Å². The van der Waals surface area contributed by atoms with Gasteiger partial charge in [-0.2, -0.15) is 0 Å². The molecule has 0 amide bonds. The molecule has 4 heteroatoms. The predicted octanol–water partition coefficient (Wildman–Crippen LogP) is 3.63. The zero-order valence-electron chi connectivity index (χ0n) is 11.3. The van der Waals surface area contributed by atoms with Crippen molar-refractivity contribution in [3.05, 3.63) is 46.0 Å². The Morgan fingerprint density at radius 2 is 1.94 bits per heavy atom. The molecule has 2 atom stereocenters. The lowest BCUT2D eigenvalue weighted by molar-refractivity contribution is -0.525. The van der Waals surface area contributed by atoms with Crippen LogP contribution in [0.1, 0.15) is 25.3 Å². The molecule has 1 aliphatic rings. The standard InChI is InChI=1S/C14H21NO2Si/c1-14(12-7-5-4-6-8-12)11-13(15(16)17)9-10-18(14,2)3/h4-8,13H,9-11H2,1-3H3. The summed E-state index contributed by atoms with van der Waals surface area (Å²) in [5.74, 6) is 0. The highest BCUT2D eigenvalue weighted by molar-refractivity contribution is 6.80. The van der Waals surface area contributed by atoms with Crippen molar-refractivity contribution in [1.29, 1.82) is 0 Å². The van der Waals surface area contributed by atoms with Crippen molar-refractivity contribution in [1.82, 2.24) is 0 Å². The smallest absolute Gasteiger partial charge is 0.213 e. The van der Waals surface area contributed by atoms with Crippen LogP contribution in [0.5, 0.6) is 0 Å². The second-order valence-corrected chi connectivity index (χ2v) is 11.6. The normalized spacial score (nSPS) is 30.9. The second kappa shape index (κ2) is 4.50. The fourth-order valence-corrected chi connectivity index (χ4v) is 6.49. The van der Waals surface area contributed by atoms with Gasteiger partial charge in [-0.3, -0.25) is 10.1 Å². The van der Waals surface area contributed by atoms with Crippen LogP contribution in [0.4, 0.5) is 0 Å². The molecule has 0 N–H and O–H groups in total. The molecule has 0 aliphatic carbocycles. The Balaban J connectivity index is 2.40. The summed E-state index contributed by atoms with van der Waals surface area (Å²) in [4.78, 5) is 11.0. The Bertz CT molecular complexity index is 446. The largest absolute Gasteiger partial charge is 0.264 e. The first-order chi connectivity index (χ1) is 8.37. The van der Waals surface area contributed by atoms with Crippen LogP contribution in [-0.4, -0.2) is 19.0 Å².